The summed E-state index contributed by atoms with van der Waals surface area (Å²) in [6.45, 7) is 1.30. The molecule has 0 bridgehead atoms. The highest BCUT2D eigenvalue weighted by Gasteiger charge is 2.22. The number of thiazole rings is 1. The summed E-state index contributed by atoms with van der Waals surface area (Å²) in [4.78, 5) is 28.5. The highest BCUT2D eigenvalue weighted by Crippen LogP contribution is 2.26. The van der Waals surface area contributed by atoms with E-state index in [0.717, 1.165) is 0 Å². The topological polar surface area (TPSA) is 141 Å². The van der Waals surface area contributed by atoms with Gasteiger partial charge < -0.3 is 19.6 Å². The fourth-order valence-electron chi connectivity index (χ4n) is 3.45. The van der Waals surface area contributed by atoms with Crippen LogP contribution in [-0.4, -0.2) is 75.8 Å². The number of carbonyl (C=O) groups is 1. The van der Waals surface area contributed by atoms with Gasteiger partial charge in [0.2, 0.25) is 0 Å². The van der Waals surface area contributed by atoms with Gasteiger partial charge in [-0.05, 0) is 30.7 Å². The Morgan fingerprint density at radius 1 is 1.22 bits per heavy atom. The van der Waals surface area contributed by atoms with E-state index >= 15 is 0 Å². The lowest BCUT2D eigenvalue weighted by molar-refractivity contribution is -0.110. The molecule has 1 amide bonds. The summed E-state index contributed by atoms with van der Waals surface area (Å²) in [5.74, 6) is 0.112. The van der Waals surface area contributed by atoms with Gasteiger partial charge >= 0.3 is 0 Å². The number of benzene rings is 1. The molecule has 11 nitrogen and oxygen atoms in total. The lowest BCUT2D eigenvalue weighted by Crippen LogP contribution is -2.25. The minimum absolute atomic E-state index is 0.00615. The first-order chi connectivity index (χ1) is 17.4. The Morgan fingerprint density at radius 2 is 2.03 bits per heavy atom. The van der Waals surface area contributed by atoms with Crippen LogP contribution in [0.4, 0.5) is 10.9 Å². The van der Waals surface area contributed by atoms with Gasteiger partial charge in [0.05, 0.1) is 23.9 Å². The maximum atomic E-state index is 13.2. The first-order valence-corrected chi connectivity index (χ1v) is 13.8. The first kappa shape index (κ1) is 25.9. The van der Waals surface area contributed by atoms with E-state index in [1.165, 1.54) is 42.7 Å². The Bertz CT molecular complexity index is 1330. The molecule has 0 saturated carbocycles. The van der Waals surface area contributed by atoms with Crippen molar-refractivity contribution in [2.24, 2.45) is 5.16 Å². The monoisotopic (exact) mass is 533 g/mol. The van der Waals surface area contributed by atoms with E-state index in [1.807, 2.05) is 6.07 Å². The molecule has 2 aromatic heterocycles. The number of sulfone groups is 1. The van der Waals surface area contributed by atoms with E-state index < -0.39 is 15.7 Å². The first-order valence-electron chi connectivity index (χ1n) is 11.3. The molecule has 192 valence electrons. The van der Waals surface area contributed by atoms with Crippen LogP contribution in [0.5, 0.6) is 0 Å². The average Bonchev–Trinajstić information content (AvgIpc) is 3.53. The number of amides is 1. The normalized spacial score (nSPS) is 16.3. The summed E-state index contributed by atoms with van der Waals surface area (Å²) >= 11 is 1.23. The SMILES string of the molecule is CNc1ccc2nc(NC(=O)/C(=N/O[C@@H]3CCOC3)c3ccc(S(=O)(=O)CCCOC)cc3)sc2n1. The quantitative estimate of drug-likeness (QED) is 0.216. The van der Waals surface area contributed by atoms with Crippen molar-refractivity contribution in [3.8, 4) is 0 Å². The molecule has 1 aliphatic heterocycles. The van der Waals surface area contributed by atoms with E-state index in [-0.39, 0.29) is 22.5 Å². The zero-order valence-corrected chi connectivity index (χ0v) is 21.5. The van der Waals surface area contributed by atoms with Gasteiger partial charge in [-0.2, -0.15) is 0 Å². The summed E-state index contributed by atoms with van der Waals surface area (Å²) in [6, 6.07) is 9.59. The number of aromatic nitrogens is 2. The van der Waals surface area contributed by atoms with Crippen molar-refractivity contribution in [3.05, 3.63) is 42.0 Å². The lowest BCUT2D eigenvalue weighted by Gasteiger charge is -2.10. The third kappa shape index (κ3) is 6.35. The van der Waals surface area contributed by atoms with Gasteiger partial charge in [0, 0.05) is 32.7 Å². The number of hydrogen-bond donors (Lipinski definition) is 2. The summed E-state index contributed by atoms with van der Waals surface area (Å²) in [5, 5.41) is 10.2. The van der Waals surface area contributed by atoms with Crippen molar-refractivity contribution in [1.29, 1.82) is 0 Å². The summed E-state index contributed by atoms with van der Waals surface area (Å²) in [6.07, 6.45) is 0.786. The zero-order chi connectivity index (χ0) is 25.5. The zero-order valence-electron chi connectivity index (χ0n) is 19.9. The number of nitrogens with one attached hydrogen (secondary N) is 2. The molecule has 1 saturated heterocycles. The Kier molecular flexibility index (Phi) is 8.46. The number of hydrogen-bond acceptors (Lipinski definition) is 11. The van der Waals surface area contributed by atoms with Crippen molar-refractivity contribution in [3.63, 3.8) is 0 Å². The predicted molar refractivity (Wildman–Crippen MR) is 137 cm³/mol. The van der Waals surface area contributed by atoms with Crippen molar-refractivity contribution < 1.29 is 27.5 Å². The molecule has 13 heteroatoms. The number of oxime groups is 1. The Hall–Kier alpha value is -3.13. The fraction of sp³-hybridized carbons (Fsp3) is 0.391. The standard InChI is InChI=1S/C23H27N5O6S2/c1-24-19-9-8-18-22(26-19)35-23(25-18)27-21(29)20(28-34-16-10-12-33-14-16)15-4-6-17(7-5-15)36(30,31)13-3-11-32-2/h4-9,16H,3,10-14H2,1-2H3,(H,24,26)(H,25,27,29)/b28-20+/t16-/m1/s1. The van der Waals surface area contributed by atoms with Crippen molar-refractivity contribution in [1.82, 2.24) is 9.97 Å². The van der Waals surface area contributed by atoms with Crippen LogP contribution in [0, 0.1) is 0 Å². The van der Waals surface area contributed by atoms with E-state index in [9.17, 15) is 13.2 Å². The third-order valence-electron chi connectivity index (χ3n) is 5.38. The van der Waals surface area contributed by atoms with Gasteiger partial charge in [-0.3, -0.25) is 10.1 Å². The molecular weight excluding hydrogens is 506 g/mol. The van der Waals surface area contributed by atoms with E-state index in [0.29, 0.717) is 59.5 Å². The van der Waals surface area contributed by atoms with Crippen molar-refractivity contribution in [2.75, 3.05) is 50.4 Å². The molecule has 1 fully saturated rings. The third-order valence-corrected chi connectivity index (χ3v) is 8.07. The number of pyridine rings is 1. The van der Waals surface area contributed by atoms with E-state index in [2.05, 4.69) is 25.8 Å². The number of ether oxygens (including phenoxy) is 2. The van der Waals surface area contributed by atoms with E-state index in [1.54, 1.807) is 13.1 Å². The average molecular weight is 534 g/mol. The van der Waals surface area contributed by atoms with Crippen LogP contribution in [0.1, 0.15) is 18.4 Å². The van der Waals surface area contributed by atoms with Crippen LogP contribution in [0.3, 0.4) is 0 Å². The fourth-order valence-corrected chi connectivity index (χ4v) is 5.56. The summed E-state index contributed by atoms with van der Waals surface area (Å²) < 4.78 is 35.4. The van der Waals surface area contributed by atoms with Gasteiger partial charge in [0.25, 0.3) is 5.91 Å². The molecule has 0 unspecified atom stereocenters. The Morgan fingerprint density at radius 3 is 2.72 bits per heavy atom. The molecule has 36 heavy (non-hydrogen) atoms. The second-order valence-corrected chi connectivity index (χ2v) is 11.1. The summed E-state index contributed by atoms with van der Waals surface area (Å²) in [5.41, 5.74) is 1.04. The maximum Gasteiger partial charge on any atom is 0.280 e. The van der Waals surface area contributed by atoms with E-state index in [4.69, 9.17) is 14.3 Å². The van der Waals surface area contributed by atoms with Crippen LogP contribution in [-0.2, 0) is 28.9 Å². The number of methoxy groups -OCH3 is 1. The highest BCUT2D eigenvalue weighted by atomic mass is 32.2. The van der Waals surface area contributed by atoms with Crippen LogP contribution in [0.2, 0.25) is 0 Å². The van der Waals surface area contributed by atoms with Gasteiger partial charge in [-0.15, -0.1) is 0 Å². The van der Waals surface area contributed by atoms with Crippen LogP contribution < -0.4 is 10.6 Å². The molecule has 4 rings (SSSR count). The number of nitrogens with zero attached hydrogens (tertiary/aromatic N) is 3. The molecule has 0 spiro atoms. The van der Waals surface area contributed by atoms with Crippen LogP contribution >= 0.6 is 11.3 Å². The second kappa shape index (κ2) is 11.7. The lowest BCUT2D eigenvalue weighted by atomic mass is 10.1. The molecule has 0 radical (unpaired) electrons. The molecular formula is C23H27N5O6S2. The second-order valence-electron chi connectivity index (χ2n) is 7.96. The molecule has 0 aliphatic carbocycles. The Balaban J connectivity index is 1.56. The van der Waals surface area contributed by atoms with Gasteiger partial charge in [-0.1, -0.05) is 28.6 Å². The maximum absolute atomic E-state index is 13.2. The molecule has 1 atom stereocenters. The highest BCUT2D eigenvalue weighted by molar-refractivity contribution is 7.91. The van der Waals surface area contributed by atoms with Crippen molar-refractivity contribution >= 4 is 54.1 Å². The number of rotatable bonds is 11. The summed E-state index contributed by atoms with van der Waals surface area (Å²) in [7, 11) is -0.183. The van der Waals surface area contributed by atoms with Crippen LogP contribution in [0.25, 0.3) is 10.3 Å². The molecule has 1 aromatic carbocycles. The number of carbonyl (C=O) groups excluding carboxylic acids is 1. The smallest absolute Gasteiger partial charge is 0.280 e. The largest absolute Gasteiger partial charge is 0.389 e. The Labute approximate surface area is 212 Å². The van der Waals surface area contributed by atoms with Gasteiger partial charge in [0.1, 0.15) is 16.2 Å². The molecule has 3 aromatic rings. The molecule has 3 heterocycles. The van der Waals surface area contributed by atoms with Gasteiger partial charge in [0.15, 0.2) is 26.8 Å². The van der Waals surface area contributed by atoms with Crippen LogP contribution in [0.15, 0.2) is 46.4 Å². The minimum Gasteiger partial charge on any atom is -0.389 e. The molecule has 2 N–H and O–H groups in total. The number of anilines is 2. The minimum atomic E-state index is -3.48. The number of fused-ring (bicyclic) bond motifs is 1. The van der Waals surface area contributed by atoms with Gasteiger partial charge in [-0.25, -0.2) is 18.4 Å². The predicted octanol–water partition coefficient (Wildman–Crippen LogP) is 2.69. The molecule has 1 aliphatic rings. The van der Waals surface area contributed by atoms with Crippen molar-refractivity contribution in [2.45, 2.75) is 23.8 Å².